The molecule has 1 heterocycles. The number of hydrogen-bond acceptors (Lipinski definition) is 4. The molecule has 2 N–H and O–H groups in total. The van der Waals surface area contributed by atoms with E-state index < -0.39 is 0 Å². The number of guanidine groups is 1. The largest absolute Gasteiger partial charge is 0.489 e. The summed E-state index contributed by atoms with van der Waals surface area (Å²) in [6, 6.07) is 8.58. The molecule has 1 unspecified atom stereocenters. The first-order valence-corrected chi connectivity index (χ1v) is 11.1. The zero-order chi connectivity index (χ0) is 21.1. The Morgan fingerprint density at radius 3 is 2.53 bits per heavy atom. The molecule has 0 spiro atoms. The van der Waals surface area contributed by atoms with Crippen LogP contribution in [0.4, 0.5) is 0 Å². The van der Waals surface area contributed by atoms with Crippen LogP contribution in [-0.2, 0) is 4.74 Å². The minimum Gasteiger partial charge on any atom is -0.489 e. The fraction of sp³-hybridized carbons (Fsp3) is 0.696. The lowest BCUT2D eigenvalue weighted by molar-refractivity contribution is 0.0532. The molecule has 1 aliphatic rings. The number of halogens is 1. The molecule has 0 bridgehead atoms. The van der Waals surface area contributed by atoms with E-state index in [0.29, 0.717) is 18.7 Å². The number of para-hydroxylation sites is 1. The lowest BCUT2D eigenvalue weighted by atomic mass is 10.1. The predicted molar refractivity (Wildman–Crippen MR) is 136 cm³/mol. The minimum absolute atomic E-state index is 0. The summed E-state index contributed by atoms with van der Waals surface area (Å²) in [4.78, 5) is 7.25. The monoisotopic (exact) mass is 532 g/mol. The third-order valence-corrected chi connectivity index (χ3v) is 5.06. The summed E-state index contributed by atoms with van der Waals surface area (Å²) in [7, 11) is 0. The molecular weight excluding hydrogens is 491 g/mol. The van der Waals surface area contributed by atoms with Crippen molar-refractivity contribution in [2.45, 2.75) is 65.7 Å². The van der Waals surface area contributed by atoms with Gasteiger partial charge in [-0.3, -0.25) is 0 Å². The Morgan fingerprint density at radius 2 is 1.90 bits per heavy atom. The number of rotatable bonds is 10. The van der Waals surface area contributed by atoms with Gasteiger partial charge in [0.2, 0.25) is 0 Å². The average molecular weight is 533 g/mol. The third-order valence-electron chi connectivity index (χ3n) is 5.06. The highest BCUT2D eigenvalue weighted by atomic mass is 127. The van der Waals surface area contributed by atoms with Gasteiger partial charge in [-0.15, -0.1) is 24.0 Å². The Bertz CT molecular complexity index is 619. The number of ether oxygens (including phenoxy) is 2. The second-order valence-corrected chi connectivity index (χ2v) is 8.09. The van der Waals surface area contributed by atoms with E-state index in [1.54, 1.807) is 0 Å². The molecule has 0 aromatic heterocycles. The van der Waals surface area contributed by atoms with Crippen LogP contribution < -0.4 is 15.4 Å². The Morgan fingerprint density at radius 1 is 1.20 bits per heavy atom. The van der Waals surface area contributed by atoms with E-state index in [-0.39, 0.29) is 30.1 Å². The van der Waals surface area contributed by atoms with E-state index in [4.69, 9.17) is 14.5 Å². The number of aryl methyl sites for hydroxylation is 1. The van der Waals surface area contributed by atoms with Crippen LogP contribution in [0.5, 0.6) is 5.75 Å². The van der Waals surface area contributed by atoms with Crippen LogP contribution in [0.1, 0.15) is 46.1 Å². The summed E-state index contributed by atoms with van der Waals surface area (Å²) in [6.07, 6.45) is 2.59. The highest BCUT2D eigenvalue weighted by Gasteiger charge is 2.20. The Kier molecular flexibility index (Phi) is 13.4. The molecule has 6 nitrogen and oxygen atoms in total. The highest BCUT2D eigenvalue weighted by molar-refractivity contribution is 14.0. The van der Waals surface area contributed by atoms with Crippen LogP contribution in [0.25, 0.3) is 0 Å². The van der Waals surface area contributed by atoms with Gasteiger partial charge in [0.25, 0.3) is 0 Å². The fourth-order valence-corrected chi connectivity index (χ4v) is 3.39. The molecule has 0 amide bonds. The second kappa shape index (κ2) is 14.9. The normalized spacial score (nSPS) is 16.8. The molecule has 0 aliphatic carbocycles. The van der Waals surface area contributed by atoms with Gasteiger partial charge in [-0.2, -0.15) is 0 Å². The van der Waals surface area contributed by atoms with Crippen molar-refractivity contribution >= 4 is 29.9 Å². The van der Waals surface area contributed by atoms with E-state index >= 15 is 0 Å². The molecule has 172 valence electrons. The zero-order valence-electron chi connectivity index (χ0n) is 19.3. The van der Waals surface area contributed by atoms with Crippen molar-refractivity contribution in [2.24, 2.45) is 4.99 Å². The van der Waals surface area contributed by atoms with Gasteiger partial charge >= 0.3 is 0 Å². The highest BCUT2D eigenvalue weighted by Crippen LogP contribution is 2.17. The van der Waals surface area contributed by atoms with Crippen molar-refractivity contribution in [3.8, 4) is 5.75 Å². The number of benzene rings is 1. The summed E-state index contributed by atoms with van der Waals surface area (Å²) in [5.74, 6) is 1.82. The molecule has 1 atom stereocenters. The third kappa shape index (κ3) is 10.3. The fourth-order valence-electron chi connectivity index (χ4n) is 3.39. The summed E-state index contributed by atoms with van der Waals surface area (Å²) in [5.41, 5.74) is 1.15. The van der Waals surface area contributed by atoms with E-state index in [2.05, 4.69) is 56.2 Å². The van der Waals surface area contributed by atoms with E-state index in [0.717, 1.165) is 62.9 Å². The van der Waals surface area contributed by atoms with Gasteiger partial charge in [0, 0.05) is 32.2 Å². The number of piperidine rings is 1. The van der Waals surface area contributed by atoms with Crippen molar-refractivity contribution in [3.05, 3.63) is 29.8 Å². The molecule has 1 aromatic rings. The molecule has 1 fully saturated rings. The Labute approximate surface area is 200 Å². The van der Waals surface area contributed by atoms with Crippen molar-refractivity contribution < 1.29 is 9.47 Å². The SMILES string of the molecule is CCNC(=NCC(C)Oc1ccccc1C)NC1CCN(CCOC(C)C)CC1.I. The van der Waals surface area contributed by atoms with Crippen molar-refractivity contribution in [1.82, 2.24) is 15.5 Å². The van der Waals surface area contributed by atoms with Crippen molar-refractivity contribution in [2.75, 3.05) is 39.3 Å². The van der Waals surface area contributed by atoms with Gasteiger partial charge in [-0.1, -0.05) is 18.2 Å². The van der Waals surface area contributed by atoms with Crippen LogP contribution >= 0.6 is 24.0 Å². The van der Waals surface area contributed by atoms with Gasteiger partial charge in [-0.05, 0) is 59.1 Å². The van der Waals surface area contributed by atoms with E-state index in [1.165, 1.54) is 0 Å². The smallest absolute Gasteiger partial charge is 0.191 e. The van der Waals surface area contributed by atoms with Crippen LogP contribution in [0.2, 0.25) is 0 Å². The summed E-state index contributed by atoms with van der Waals surface area (Å²) < 4.78 is 11.7. The first-order valence-electron chi connectivity index (χ1n) is 11.1. The maximum Gasteiger partial charge on any atom is 0.191 e. The molecular formula is C23H41IN4O2. The number of nitrogens with zero attached hydrogens (tertiary/aromatic N) is 2. The van der Waals surface area contributed by atoms with E-state index in [1.807, 2.05) is 18.2 Å². The van der Waals surface area contributed by atoms with Crippen LogP contribution in [-0.4, -0.2) is 68.4 Å². The Balaban J connectivity index is 0.00000450. The minimum atomic E-state index is 0. The standard InChI is InChI=1S/C23H40N4O2.HI/c1-6-24-23(25-17-20(5)29-22-10-8-7-9-19(22)4)26-21-11-13-27(14-12-21)15-16-28-18(2)3;/h7-10,18,20-21H,6,11-17H2,1-5H3,(H2,24,25,26);1H. The van der Waals surface area contributed by atoms with Crippen molar-refractivity contribution in [3.63, 3.8) is 0 Å². The summed E-state index contributed by atoms with van der Waals surface area (Å²) >= 11 is 0. The summed E-state index contributed by atoms with van der Waals surface area (Å²) in [6.45, 7) is 15.9. The number of aliphatic imine (C=N–C) groups is 1. The van der Waals surface area contributed by atoms with Gasteiger partial charge in [-0.25, -0.2) is 4.99 Å². The molecule has 7 heteroatoms. The molecule has 1 aromatic carbocycles. The van der Waals surface area contributed by atoms with Gasteiger partial charge < -0.3 is 25.0 Å². The first kappa shape index (κ1) is 27.0. The summed E-state index contributed by atoms with van der Waals surface area (Å²) in [5, 5.41) is 6.98. The predicted octanol–water partition coefficient (Wildman–Crippen LogP) is 3.82. The molecule has 30 heavy (non-hydrogen) atoms. The molecule has 1 saturated heterocycles. The second-order valence-electron chi connectivity index (χ2n) is 8.09. The topological polar surface area (TPSA) is 58.1 Å². The molecule has 1 aliphatic heterocycles. The van der Waals surface area contributed by atoms with Gasteiger partial charge in [0.05, 0.1) is 19.3 Å². The van der Waals surface area contributed by atoms with E-state index in [9.17, 15) is 0 Å². The lowest BCUT2D eigenvalue weighted by Crippen LogP contribution is -2.49. The molecule has 0 saturated carbocycles. The quantitative estimate of drug-likeness (QED) is 0.273. The number of hydrogen-bond donors (Lipinski definition) is 2. The zero-order valence-corrected chi connectivity index (χ0v) is 21.6. The van der Waals surface area contributed by atoms with Crippen LogP contribution in [0.3, 0.4) is 0 Å². The van der Waals surface area contributed by atoms with Crippen molar-refractivity contribution in [1.29, 1.82) is 0 Å². The maximum absolute atomic E-state index is 6.05. The van der Waals surface area contributed by atoms with Gasteiger partial charge in [0.15, 0.2) is 5.96 Å². The molecule has 0 radical (unpaired) electrons. The van der Waals surface area contributed by atoms with Crippen LogP contribution in [0.15, 0.2) is 29.3 Å². The number of nitrogens with one attached hydrogen (secondary N) is 2. The van der Waals surface area contributed by atoms with Gasteiger partial charge in [0.1, 0.15) is 11.9 Å². The maximum atomic E-state index is 6.05. The Hall–Kier alpha value is -1.06. The first-order chi connectivity index (χ1) is 14.0. The molecule has 2 rings (SSSR count). The lowest BCUT2D eigenvalue weighted by Gasteiger charge is -2.33. The number of likely N-dealkylation sites (tertiary alicyclic amines) is 1. The van der Waals surface area contributed by atoms with Crippen LogP contribution in [0, 0.1) is 6.92 Å². The average Bonchev–Trinajstić information content (AvgIpc) is 2.69.